The van der Waals surface area contributed by atoms with Crippen LogP contribution in [-0.4, -0.2) is 65.8 Å². The van der Waals surface area contributed by atoms with Crippen LogP contribution in [0.3, 0.4) is 0 Å². The van der Waals surface area contributed by atoms with Gasteiger partial charge < -0.3 is 60.2 Å². The molecule has 0 amide bonds. The summed E-state index contributed by atoms with van der Waals surface area (Å²) in [6, 6.07) is 14.4. The summed E-state index contributed by atoms with van der Waals surface area (Å²) in [5, 5.41) is 98.5. The van der Waals surface area contributed by atoms with Crippen LogP contribution in [-0.2, 0) is 0 Å². The average Bonchev–Trinajstić information content (AvgIpc) is 3.11. The Morgan fingerprint density at radius 3 is 1.34 bits per heavy atom. The van der Waals surface area contributed by atoms with Crippen LogP contribution in [0, 0.1) is 0 Å². The molecule has 5 aromatic rings. The second-order valence-corrected chi connectivity index (χ2v) is 13.5. The molecule has 12 heteroatoms. The van der Waals surface area contributed by atoms with Gasteiger partial charge in [0, 0.05) is 75.4 Å². The third-order valence-electron chi connectivity index (χ3n) is 10.3. The number of phenols is 9. The van der Waals surface area contributed by atoms with Crippen LogP contribution < -0.4 is 14.2 Å². The van der Waals surface area contributed by atoms with E-state index in [0.29, 0.717) is 17.5 Å². The molecule has 3 heterocycles. The molecular formula is C41H36O12. The quantitative estimate of drug-likeness (QED) is 0.0845. The number of ether oxygens (including phenoxy) is 3. The smallest absolute Gasteiger partial charge is 0.134 e. The molecule has 3 aliphatic heterocycles. The van der Waals surface area contributed by atoms with Gasteiger partial charge in [0.15, 0.2) is 0 Å². The summed E-state index contributed by atoms with van der Waals surface area (Å²) < 4.78 is 18.0. The Morgan fingerprint density at radius 2 is 0.811 bits per heavy atom. The maximum Gasteiger partial charge on any atom is 0.134 e. The molecule has 0 aliphatic carbocycles. The van der Waals surface area contributed by atoms with Gasteiger partial charge in [0.05, 0.1) is 19.8 Å². The van der Waals surface area contributed by atoms with Crippen molar-refractivity contribution in [1.29, 1.82) is 0 Å². The molecule has 9 N–H and O–H groups in total. The fourth-order valence-electron chi connectivity index (χ4n) is 8.07. The molecule has 0 spiro atoms. The third-order valence-corrected chi connectivity index (χ3v) is 10.3. The van der Waals surface area contributed by atoms with Crippen LogP contribution in [0.4, 0.5) is 0 Å². The Morgan fingerprint density at radius 1 is 0.396 bits per heavy atom. The highest BCUT2D eigenvalue weighted by Crippen LogP contribution is 2.59. The van der Waals surface area contributed by atoms with Crippen LogP contribution >= 0.6 is 0 Å². The molecule has 3 unspecified atom stereocenters. The van der Waals surface area contributed by atoms with E-state index in [1.165, 1.54) is 36.4 Å². The van der Waals surface area contributed by atoms with E-state index in [-0.39, 0.29) is 129 Å². The van der Waals surface area contributed by atoms with Crippen molar-refractivity contribution in [1.82, 2.24) is 0 Å². The maximum atomic E-state index is 11.4. The summed E-state index contributed by atoms with van der Waals surface area (Å²) in [6.45, 7) is 0.406. The minimum atomic E-state index is -0.770. The van der Waals surface area contributed by atoms with Gasteiger partial charge in [-0.15, -0.1) is 0 Å². The van der Waals surface area contributed by atoms with E-state index < -0.39 is 17.8 Å². The van der Waals surface area contributed by atoms with E-state index in [1.54, 1.807) is 36.4 Å². The van der Waals surface area contributed by atoms with Crippen molar-refractivity contribution in [2.24, 2.45) is 0 Å². The van der Waals surface area contributed by atoms with E-state index in [1.807, 2.05) is 0 Å². The molecule has 0 saturated heterocycles. The van der Waals surface area contributed by atoms with Crippen LogP contribution in [0.1, 0.15) is 81.5 Å². The molecule has 272 valence electrons. The summed E-state index contributed by atoms with van der Waals surface area (Å²) in [7, 11) is 0. The highest BCUT2D eigenvalue weighted by molar-refractivity contribution is 5.74. The molecule has 0 fully saturated rings. The molecular weight excluding hydrogens is 684 g/mol. The summed E-state index contributed by atoms with van der Waals surface area (Å²) in [5.74, 6) is -3.62. The van der Waals surface area contributed by atoms with Crippen LogP contribution in [0.5, 0.6) is 69.0 Å². The lowest BCUT2D eigenvalue weighted by Gasteiger charge is -2.36. The van der Waals surface area contributed by atoms with E-state index in [0.717, 1.165) is 5.56 Å². The van der Waals surface area contributed by atoms with Crippen molar-refractivity contribution < 1.29 is 60.2 Å². The largest absolute Gasteiger partial charge is 0.508 e. The highest BCUT2D eigenvalue weighted by atomic mass is 16.5. The van der Waals surface area contributed by atoms with Gasteiger partial charge in [-0.2, -0.15) is 0 Å². The second kappa shape index (κ2) is 12.9. The van der Waals surface area contributed by atoms with Gasteiger partial charge in [-0.05, 0) is 54.7 Å². The molecule has 3 aliphatic rings. The molecule has 0 radical (unpaired) electrons. The van der Waals surface area contributed by atoms with Crippen molar-refractivity contribution in [3.63, 3.8) is 0 Å². The fourth-order valence-corrected chi connectivity index (χ4v) is 8.07. The third kappa shape index (κ3) is 5.72. The van der Waals surface area contributed by atoms with E-state index in [4.69, 9.17) is 14.2 Å². The van der Waals surface area contributed by atoms with E-state index in [9.17, 15) is 46.0 Å². The highest BCUT2D eigenvalue weighted by Gasteiger charge is 2.41. The molecule has 0 saturated carbocycles. The molecule has 5 aromatic carbocycles. The lowest BCUT2D eigenvalue weighted by molar-refractivity contribution is 0.242. The topological polar surface area (TPSA) is 210 Å². The Kier molecular flexibility index (Phi) is 8.17. The van der Waals surface area contributed by atoms with Crippen molar-refractivity contribution in [2.75, 3.05) is 19.8 Å². The number of phenolic OH excluding ortho intramolecular Hbond substituents is 9. The average molecular weight is 721 g/mol. The molecule has 8 rings (SSSR count). The Bertz CT molecular complexity index is 2270. The second-order valence-electron chi connectivity index (χ2n) is 13.5. The summed E-state index contributed by atoms with van der Waals surface area (Å²) in [6.07, 6.45) is 4.31. The fraction of sp³-hybridized carbons (Fsp3) is 0.220. The lowest BCUT2D eigenvalue weighted by Crippen LogP contribution is -2.23. The number of hydrogen-bond donors (Lipinski definition) is 9. The van der Waals surface area contributed by atoms with Crippen molar-refractivity contribution in [3.8, 4) is 69.0 Å². The molecule has 0 aromatic heterocycles. The predicted molar refractivity (Wildman–Crippen MR) is 192 cm³/mol. The molecule has 53 heavy (non-hydrogen) atoms. The van der Waals surface area contributed by atoms with Gasteiger partial charge in [-0.1, -0.05) is 24.3 Å². The number of hydrogen-bond acceptors (Lipinski definition) is 12. The van der Waals surface area contributed by atoms with Gasteiger partial charge in [0.1, 0.15) is 69.0 Å². The van der Waals surface area contributed by atoms with Crippen LogP contribution in [0.2, 0.25) is 0 Å². The monoisotopic (exact) mass is 720 g/mol. The normalized spacial score (nSPS) is 19.0. The zero-order chi connectivity index (χ0) is 37.1. The van der Waals surface area contributed by atoms with E-state index >= 15 is 0 Å². The SMILES string of the molecule is Oc1ccc(/C=C/c2cc(O)c(C3CCOc4c3c(O)cc(O)c4C3CCOc4c(C5CCOc6cc(O)cc(O)c65)c(O)cc(O)c43)c(O)c2)cc1. The van der Waals surface area contributed by atoms with Crippen molar-refractivity contribution >= 4 is 12.2 Å². The first kappa shape index (κ1) is 33.6. The van der Waals surface area contributed by atoms with Crippen LogP contribution in [0.15, 0.2) is 60.7 Å². The number of aromatic hydroxyl groups is 9. The lowest BCUT2D eigenvalue weighted by atomic mass is 9.77. The van der Waals surface area contributed by atoms with Crippen molar-refractivity contribution in [3.05, 3.63) is 105 Å². The Labute approximate surface area is 302 Å². The first-order valence-corrected chi connectivity index (χ1v) is 17.1. The van der Waals surface area contributed by atoms with Gasteiger partial charge in [-0.25, -0.2) is 0 Å². The Hall–Kier alpha value is -6.56. The summed E-state index contributed by atoms with van der Waals surface area (Å²) in [5.41, 5.74) is 2.80. The number of fused-ring (bicyclic) bond motifs is 3. The van der Waals surface area contributed by atoms with E-state index in [2.05, 4.69) is 0 Å². The van der Waals surface area contributed by atoms with Crippen molar-refractivity contribution in [2.45, 2.75) is 37.0 Å². The van der Waals surface area contributed by atoms with Gasteiger partial charge >= 0.3 is 0 Å². The van der Waals surface area contributed by atoms with Gasteiger partial charge in [-0.3, -0.25) is 0 Å². The summed E-state index contributed by atoms with van der Waals surface area (Å²) in [4.78, 5) is 0. The maximum absolute atomic E-state index is 11.4. The minimum absolute atomic E-state index is 0.100. The zero-order valence-corrected chi connectivity index (χ0v) is 28.2. The minimum Gasteiger partial charge on any atom is -0.508 e. The first-order chi connectivity index (χ1) is 25.5. The van der Waals surface area contributed by atoms with Gasteiger partial charge in [0.25, 0.3) is 0 Å². The predicted octanol–water partition coefficient (Wildman–Crippen LogP) is 6.95. The van der Waals surface area contributed by atoms with Crippen LogP contribution in [0.25, 0.3) is 12.2 Å². The standard InChI is InChI=1S/C41H36O12/c42-21-5-3-19(4-6-21)1-2-20-13-26(44)34(27(45)14-20)23-8-11-52-40-36(23)29(47)17-31(49)38(40)25-9-12-53-41-37(30(48)18-32(50)39(25)41)24-7-10-51-33-16-22(43)15-28(46)35(24)33/h1-6,13-18,23-25,42-50H,7-12H2/b2-1+. The Balaban J connectivity index is 1.22. The first-order valence-electron chi connectivity index (χ1n) is 17.1. The molecule has 3 atom stereocenters. The van der Waals surface area contributed by atoms with Gasteiger partial charge in [0.2, 0.25) is 0 Å². The zero-order valence-electron chi connectivity index (χ0n) is 28.2. The summed E-state index contributed by atoms with van der Waals surface area (Å²) >= 11 is 0. The number of rotatable bonds is 5. The molecule has 12 nitrogen and oxygen atoms in total. The number of benzene rings is 5. The molecule has 0 bridgehead atoms.